The molecule has 4 rings (SSSR count). The summed E-state index contributed by atoms with van der Waals surface area (Å²) in [6.07, 6.45) is 0. The zero-order chi connectivity index (χ0) is 19.8. The van der Waals surface area contributed by atoms with Crippen molar-refractivity contribution in [2.75, 3.05) is 5.32 Å². The Hall–Kier alpha value is -2.66. The molecule has 0 aliphatic rings. The van der Waals surface area contributed by atoms with Gasteiger partial charge in [0.2, 0.25) is 5.78 Å². The third-order valence-electron chi connectivity index (χ3n) is 4.84. The number of aryl methyl sites for hydroxylation is 2. The number of nitrogens with one attached hydrogen (secondary N) is 1. The van der Waals surface area contributed by atoms with E-state index in [1.807, 2.05) is 19.1 Å². The van der Waals surface area contributed by atoms with Gasteiger partial charge in [0.1, 0.15) is 11.5 Å². The molecular weight excluding hydrogens is 412 g/mol. The SMILES string of the molecule is Cc1cc(C)n2c(Nc3ccc(C(C)C)cc3)c(-c3cccc(Br)c3)nc2n1. The van der Waals surface area contributed by atoms with Gasteiger partial charge >= 0.3 is 0 Å². The van der Waals surface area contributed by atoms with Crippen LogP contribution in [0.1, 0.15) is 36.7 Å². The maximum absolute atomic E-state index is 4.86. The molecule has 28 heavy (non-hydrogen) atoms. The molecule has 0 amide bonds. The van der Waals surface area contributed by atoms with Crippen LogP contribution in [0.2, 0.25) is 0 Å². The molecule has 0 aliphatic carbocycles. The molecular formula is C23H23BrN4. The third kappa shape index (κ3) is 3.54. The van der Waals surface area contributed by atoms with Crippen molar-refractivity contribution in [1.82, 2.24) is 14.4 Å². The highest BCUT2D eigenvalue weighted by molar-refractivity contribution is 9.10. The van der Waals surface area contributed by atoms with E-state index in [0.717, 1.165) is 38.6 Å². The van der Waals surface area contributed by atoms with Gasteiger partial charge in [0.15, 0.2) is 0 Å². The number of fused-ring (bicyclic) bond motifs is 1. The molecule has 0 saturated carbocycles. The first kappa shape index (κ1) is 18.7. The van der Waals surface area contributed by atoms with Crippen LogP contribution in [0.15, 0.2) is 59.1 Å². The summed E-state index contributed by atoms with van der Waals surface area (Å²) in [5.41, 5.74) is 6.33. The van der Waals surface area contributed by atoms with Crippen molar-refractivity contribution in [3.63, 3.8) is 0 Å². The minimum absolute atomic E-state index is 0.511. The average molecular weight is 435 g/mol. The second-order valence-electron chi connectivity index (χ2n) is 7.40. The number of nitrogens with zero attached hydrogens (tertiary/aromatic N) is 3. The van der Waals surface area contributed by atoms with Crippen molar-refractivity contribution in [2.45, 2.75) is 33.6 Å². The summed E-state index contributed by atoms with van der Waals surface area (Å²) in [4.78, 5) is 9.50. The maximum Gasteiger partial charge on any atom is 0.236 e. The Bertz CT molecular complexity index is 1140. The fourth-order valence-corrected chi connectivity index (χ4v) is 3.81. The predicted molar refractivity (Wildman–Crippen MR) is 119 cm³/mol. The Morgan fingerprint density at radius 3 is 2.39 bits per heavy atom. The van der Waals surface area contributed by atoms with E-state index in [2.05, 4.69) is 93.9 Å². The summed E-state index contributed by atoms with van der Waals surface area (Å²) in [7, 11) is 0. The van der Waals surface area contributed by atoms with Crippen molar-refractivity contribution in [3.05, 3.63) is 76.0 Å². The second-order valence-corrected chi connectivity index (χ2v) is 8.31. The van der Waals surface area contributed by atoms with E-state index < -0.39 is 0 Å². The molecule has 0 atom stereocenters. The van der Waals surface area contributed by atoms with Crippen molar-refractivity contribution in [3.8, 4) is 11.3 Å². The van der Waals surface area contributed by atoms with E-state index in [9.17, 15) is 0 Å². The van der Waals surface area contributed by atoms with Crippen LogP contribution >= 0.6 is 15.9 Å². The van der Waals surface area contributed by atoms with Gasteiger partial charge in [0, 0.05) is 27.1 Å². The fourth-order valence-electron chi connectivity index (χ4n) is 3.42. The Morgan fingerprint density at radius 2 is 1.71 bits per heavy atom. The van der Waals surface area contributed by atoms with Crippen LogP contribution in [-0.2, 0) is 0 Å². The molecule has 0 radical (unpaired) electrons. The zero-order valence-electron chi connectivity index (χ0n) is 16.5. The smallest absolute Gasteiger partial charge is 0.236 e. The lowest BCUT2D eigenvalue weighted by atomic mass is 10.0. The molecule has 0 saturated heterocycles. The molecule has 4 aromatic rings. The number of aromatic nitrogens is 3. The molecule has 0 spiro atoms. The van der Waals surface area contributed by atoms with E-state index in [4.69, 9.17) is 4.98 Å². The van der Waals surface area contributed by atoms with Crippen LogP contribution in [0.4, 0.5) is 11.5 Å². The molecule has 0 unspecified atom stereocenters. The van der Waals surface area contributed by atoms with Crippen molar-refractivity contribution in [1.29, 1.82) is 0 Å². The van der Waals surface area contributed by atoms with Crippen LogP contribution in [0.5, 0.6) is 0 Å². The minimum Gasteiger partial charge on any atom is -0.339 e. The summed E-state index contributed by atoms with van der Waals surface area (Å²) in [5, 5.41) is 3.59. The number of benzene rings is 2. The van der Waals surface area contributed by atoms with Gasteiger partial charge in [-0.15, -0.1) is 0 Å². The lowest BCUT2D eigenvalue weighted by Crippen LogP contribution is -2.02. The highest BCUT2D eigenvalue weighted by Crippen LogP contribution is 2.33. The fraction of sp³-hybridized carbons (Fsp3) is 0.217. The molecule has 4 nitrogen and oxygen atoms in total. The van der Waals surface area contributed by atoms with Crippen LogP contribution in [0, 0.1) is 13.8 Å². The first-order valence-corrected chi connectivity index (χ1v) is 10.2. The second kappa shape index (κ2) is 7.40. The monoisotopic (exact) mass is 434 g/mol. The third-order valence-corrected chi connectivity index (χ3v) is 5.34. The number of halogens is 1. The Kier molecular flexibility index (Phi) is 4.94. The Balaban J connectivity index is 1.88. The predicted octanol–water partition coefficient (Wildman–Crippen LogP) is 6.64. The first-order chi connectivity index (χ1) is 13.4. The molecule has 5 heteroatoms. The van der Waals surface area contributed by atoms with E-state index >= 15 is 0 Å². The Morgan fingerprint density at radius 1 is 0.964 bits per heavy atom. The van der Waals surface area contributed by atoms with Crippen molar-refractivity contribution in [2.24, 2.45) is 0 Å². The van der Waals surface area contributed by atoms with Gasteiger partial charge in [-0.3, -0.25) is 4.40 Å². The van der Waals surface area contributed by atoms with E-state index in [-0.39, 0.29) is 0 Å². The number of anilines is 2. The topological polar surface area (TPSA) is 42.2 Å². The van der Waals surface area contributed by atoms with Crippen LogP contribution in [-0.4, -0.2) is 14.4 Å². The standard InChI is InChI=1S/C23H23BrN4/c1-14(2)17-8-10-20(11-9-17)26-22-21(18-6-5-7-19(24)13-18)27-23-25-15(3)12-16(4)28(22)23/h5-14,26H,1-4H3. The van der Waals surface area contributed by atoms with Crippen LogP contribution < -0.4 is 5.32 Å². The number of imidazole rings is 1. The highest BCUT2D eigenvalue weighted by atomic mass is 79.9. The first-order valence-electron chi connectivity index (χ1n) is 9.42. The van der Waals surface area contributed by atoms with Crippen molar-refractivity contribution >= 4 is 33.2 Å². The molecule has 2 heterocycles. The molecule has 0 aliphatic heterocycles. The van der Waals surface area contributed by atoms with E-state index in [1.54, 1.807) is 0 Å². The van der Waals surface area contributed by atoms with Gasteiger partial charge in [0.25, 0.3) is 0 Å². The van der Waals surface area contributed by atoms with Gasteiger partial charge in [-0.2, -0.15) is 0 Å². The van der Waals surface area contributed by atoms with Gasteiger partial charge in [0.05, 0.1) is 0 Å². The zero-order valence-corrected chi connectivity index (χ0v) is 18.1. The summed E-state index contributed by atoms with van der Waals surface area (Å²) in [5.74, 6) is 2.14. The molecule has 142 valence electrons. The van der Waals surface area contributed by atoms with Gasteiger partial charge in [-0.25, -0.2) is 9.97 Å². The number of hydrogen-bond acceptors (Lipinski definition) is 3. The maximum atomic E-state index is 4.86. The summed E-state index contributed by atoms with van der Waals surface area (Å²) in [6, 6.07) is 18.9. The largest absolute Gasteiger partial charge is 0.339 e. The van der Waals surface area contributed by atoms with Crippen LogP contribution in [0.3, 0.4) is 0 Å². The molecule has 2 aromatic carbocycles. The van der Waals surface area contributed by atoms with Crippen molar-refractivity contribution < 1.29 is 0 Å². The number of rotatable bonds is 4. The average Bonchev–Trinajstić information content (AvgIpc) is 3.00. The van der Waals surface area contributed by atoms with Crippen LogP contribution in [0.25, 0.3) is 17.0 Å². The lowest BCUT2D eigenvalue weighted by molar-refractivity contribution is 0.867. The minimum atomic E-state index is 0.511. The molecule has 2 aromatic heterocycles. The van der Waals surface area contributed by atoms with Gasteiger partial charge < -0.3 is 5.32 Å². The molecule has 0 bridgehead atoms. The van der Waals surface area contributed by atoms with E-state index in [1.165, 1.54) is 5.56 Å². The molecule has 1 N–H and O–H groups in total. The lowest BCUT2D eigenvalue weighted by Gasteiger charge is -2.12. The van der Waals surface area contributed by atoms with Gasteiger partial charge in [-0.1, -0.05) is 54.0 Å². The summed E-state index contributed by atoms with van der Waals surface area (Å²) in [6.45, 7) is 8.49. The number of hydrogen-bond donors (Lipinski definition) is 1. The summed E-state index contributed by atoms with van der Waals surface area (Å²) >= 11 is 3.57. The molecule has 0 fully saturated rings. The van der Waals surface area contributed by atoms with Gasteiger partial charge in [-0.05, 0) is 55.7 Å². The highest BCUT2D eigenvalue weighted by Gasteiger charge is 2.17. The Labute approximate surface area is 173 Å². The quantitative estimate of drug-likeness (QED) is 0.391. The van der Waals surface area contributed by atoms with E-state index in [0.29, 0.717) is 11.7 Å². The normalized spacial score (nSPS) is 11.4. The summed E-state index contributed by atoms with van der Waals surface area (Å²) < 4.78 is 3.11.